The largest absolute Gasteiger partial charge is 0.329 e. The smallest absolute Gasteiger partial charge is 0.254 e. The molecule has 2 atom stereocenters. The lowest BCUT2D eigenvalue weighted by molar-refractivity contribution is -0.119. The lowest BCUT2D eigenvalue weighted by Gasteiger charge is -2.42. The Bertz CT molecular complexity index is 1120. The molecule has 0 fully saturated rings. The van der Waals surface area contributed by atoms with Gasteiger partial charge < -0.3 is 10.2 Å². The van der Waals surface area contributed by atoms with Crippen molar-refractivity contribution in [2.75, 3.05) is 11.9 Å². The number of benzene rings is 2. The van der Waals surface area contributed by atoms with Gasteiger partial charge in [0.05, 0.1) is 22.7 Å². The number of halogens is 2. The van der Waals surface area contributed by atoms with Gasteiger partial charge in [-0.05, 0) is 47.2 Å². The second-order valence-corrected chi connectivity index (χ2v) is 9.38. The Kier molecular flexibility index (Phi) is 6.12. The first-order chi connectivity index (χ1) is 14.9. The molecule has 2 heterocycles. The summed E-state index contributed by atoms with van der Waals surface area (Å²) in [5.41, 5.74) is 1.55. The molecule has 1 aromatic heterocycles. The summed E-state index contributed by atoms with van der Waals surface area (Å²) in [5, 5.41) is 4.93. The Morgan fingerprint density at radius 1 is 1.19 bits per heavy atom. The second kappa shape index (κ2) is 8.81. The number of amides is 2. The lowest BCUT2D eigenvalue weighted by atomic mass is 9.81. The van der Waals surface area contributed by atoms with Gasteiger partial charge in [0.25, 0.3) is 5.91 Å². The average molecular weight is 457 g/mol. The van der Waals surface area contributed by atoms with E-state index >= 15 is 0 Å². The number of hydrogen-bond acceptors (Lipinski definition) is 3. The van der Waals surface area contributed by atoms with Crippen molar-refractivity contribution in [3.8, 4) is 0 Å². The number of fused-ring (bicyclic) bond motifs is 1. The standard InChI is InChI=1S/C24H22ClFN2O2S/c1-14(2)13-28-22(20-8-5-11-31-20)21(16-6-3-4-7-17(16)24(28)30)23(29)27-19-10-9-15(26)12-18(19)25/h3-12,14,21-22H,13H2,1-2H3,(H,27,29)/t21-,22-/m0/s1. The number of nitrogens with one attached hydrogen (secondary N) is 1. The molecule has 1 N–H and O–H groups in total. The van der Waals surface area contributed by atoms with E-state index in [1.807, 2.05) is 49.6 Å². The van der Waals surface area contributed by atoms with Gasteiger partial charge in [0.2, 0.25) is 5.91 Å². The predicted octanol–water partition coefficient (Wildman–Crippen LogP) is 6.12. The van der Waals surface area contributed by atoms with E-state index in [9.17, 15) is 14.0 Å². The highest BCUT2D eigenvalue weighted by Crippen LogP contribution is 2.45. The molecule has 0 radical (unpaired) electrons. The van der Waals surface area contributed by atoms with Gasteiger partial charge in [-0.25, -0.2) is 4.39 Å². The molecule has 3 aromatic rings. The highest BCUT2D eigenvalue weighted by Gasteiger charge is 2.44. The van der Waals surface area contributed by atoms with Crippen molar-refractivity contribution in [2.45, 2.75) is 25.8 Å². The molecule has 0 bridgehead atoms. The average Bonchev–Trinajstić information content (AvgIpc) is 3.26. The summed E-state index contributed by atoms with van der Waals surface area (Å²) in [5.74, 6) is -1.25. The summed E-state index contributed by atoms with van der Waals surface area (Å²) < 4.78 is 13.5. The van der Waals surface area contributed by atoms with Crippen LogP contribution >= 0.6 is 22.9 Å². The Morgan fingerprint density at radius 2 is 1.97 bits per heavy atom. The molecule has 0 aliphatic carbocycles. The fourth-order valence-corrected chi connectivity index (χ4v) is 5.14. The molecule has 0 saturated heterocycles. The van der Waals surface area contributed by atoms with E-state index < -0.39 is 17.8 Å². The van der Waals surface area contributed by atoms with Crippen LogP contribution < -0.4 is 5.32 Å². The summed E-state index contributed by atoms with van der Waals surface area (Å²) in [6, 6.07) is 14.5. The molecule has 0 spiro atoms. The van der Waals surface area contributed by atoms with Crippen LogP contribution in [-0.2, 0) is 4.79 Å². The highest BCUT2D eigenvalue weighted by molar-refractivity contribution is 7.10. The van der Waals surface area contributed by atoms with E-state index in [-0.39, 0.29) is 22.8 Å². The van der Waals surface area contributed by atoms with Crippen LogP contribution in [0.3, 0.4) is 0 Å². The van der Waals surface area contributed by atoms with E-state index in [2.05, 4.69) is 5.32 Å². The molecule has 2 aromatic carbocycles. The van der Waals surface area contributed by atoms with E-state index in [1.165, 1.54) is 23.5 Å². The van der Waals surface area contributed by atoms with Crippen molar-refractivity contribution >= 4 is 40.4 Å². The summed E-state index contributed by atoms with van der Waals surface area (Å²) in [6.07, 6.45) is 0. The van der Waals surface area contributed by atoms with Crippen LogP contribution in [0.25, 0.3) is 0 Å². The van der Waals surface area contributed by atoms with Crippen molar-refractivity contribution in [3.63, 3.8) is 0 Å². The summed E-state index contributed by atoms with van der Waals surface area (Å²) >= 11 is 7.67. The van der Waals surface area contributed by atoms with Crippen molar-refractivity contribution in [3.05, 3.63) is 86.8 Å². The molecule has 4 rings (SSSR count). The van der Waals surface area contributed by atoms with E-state index in [4.69, 9.17) is 11.6 Å². The van der Waals surface area contributed by atoms with E-state index in [0.717, 1.165) is 10.9 Å². The quantitative estimate of drug-likeness (QED) is 0.503. The molecule has 31 heavy (non-hydrogen) atoms. The highest BCUT2D eigenvalue weighted by atomic mass is 35.5. The number of carbonyl (C=O) groups is 2. The molecule has 0 saturated carbocycles. The van der Waals surface area contributed by atoms with Crippen LogP contribution in [0.5, 0.6) is 0 Å². The third-order valence-electron chi connectivity index (χ3n) is 5.31. The first kappa shape index (κ1) is 21.5. The minimum absolute atomic E-state index is 0.0773. The zero-order valence-electron chi connectivity index (χ0n) is 17.1. The number of anilines is 1. The monoisotopic (exact) mass is 456 g/mol. The van der Waals surface area contributed by atoms with Gasteiger partial charge in [0.15, 0.2) is 0 Å². The van der Waals surface area contributed by atoms with Gasteiger partial charge in [-0.2, -0.15) is 0 Å². The van der Waals surface area contributed by atoms with Crippen LogP contribution in [0, 0.1) is 11.7 Å². The van der Waals surface area contributed by atoms with Crippen LogP contribution in [-0.4, -0.2) is 23.3 Å². The molecule has 1 aliphatic rings. The van der Waals surface area contributed by atoms with Crippen molar-refractivity contribution in [1.82, 2.24) is 4.90 Å². The maximum Gasteiger partial charge on any atom is 0.254 e. The van der Waals surface area contributed by atoms with Crippen molar-refractivity contribution in [1.29, 1.82) is 0 Å². The number of hydrogen-bond donors (Lipinski definition) is 1. The first-order valence-electron chi connectivity index (χ1n) is 10.1. The summed E-state index contributed by atoms with van der Waals surface area (Å²) in [7, 11) is 0. The van der Waals surface area contributed by atoms with Gasteiger partial charge in [0.1, 0.15) is 5.82 Å². The van der Waals surface area contributed by atoms with Crippen LogP contribution in [0.1, 0.15) is 46.6 Å². The van der Waals surface area contributed by atoms with Crippen LogP contribution in [0.2, 0.25) is 5.02 Å². The van der Waals surface area contributed by atoms with Gasteiger partial charge in [-0.15, -0.1) is 11.3 Å². The SMILES string of the molecule is CC(C)CN1C(=O)c2ccccc2[C@H](C(=O)Nc2ccc(F)cc2Cl)[C@@H]1c1cccs1. The summed E-state index contributed by atoms with van der Waals surface area (Å²) in [6.45, 7) is 4.62. The Morgan fingerprint density at radius 3 is 2.65 bits per heavy atom. The Labute approximate surface area is 189 Å². The molecular weight excluding hydrogens is 435 g/mol. The van der Waals surface area contributed by atoms with E-state index in [1.54, 1.807) is 11.0 Å². The maximum atomic E-state index is 13.6. The molecule has 4 nitrogen and oxygen atoms in total. The summed E-state index contributed by atoms with van der Waals surface area (Å²) in [4.78, 5) is 29.8. The van der Waals surface area contributed by atoms with Gasteiger partial charge in [0, 0.05) is 17.0 Å². The zero-order chi connectivity index (χ0) is 22.1. The fourth-order valence-electron chi connectivity index (χ4n) is 4.05. The third kappa shape index (κ3) is 4.23. The van der Waals surface area contributed by atoms with Crippen molar-refractivity contribution < 1.29 is 14.0 Å². The number of carbonyl (C=O) groups excluding carboxylic acids is 2. The number of thiophene rings is 1. The molecule has 1 aliphatic heterocycles. The van der Waals surface area contributed by atoms with Gasteiger partial charge in [-0.3, -0.25) is 9.59 Å². The maximum absolute atomic E-state index is 13.6. The fraction of sp³-hybridized carbons (Fsp3) is 0.250. The van der Waals surface area contributed by atoms with Gasteiger partial charge in [-0.1, -0.05) is 49.7 Å². The normalized spacial score (nSPS) is 18.2. The molecule has 0 unspecified atom stereocenters. The van der Waals surface area contributed by atoms with Crippen LogP contribution in [0.4, 0.5) is 10.1 Å². The van der Waals surface area contributed by atoms with Crippen molar-refractivity contribution in [2.24, 2.45) is 5.92 Å². The second-order valence-electron chi connectivity index (χ2n) is 7.99. The first-order valence-corrected chi connectivity index (χ1v) is 11.3. The van der Waals surface area contributed by atoms with E-state index in [0.29, 0.717) is 23.4 Å². The van der Waals surface area contributed by atoms with Gasteiger partial charge >= 0.3 is 0 Å². The minimum Gasteiger partial charge on any atom is -0.329 e. The molecule has 7 heteroatoms. The Balaban J connectivity index is 1.82. The van der Waals surface area contributed by atoms with Crippen LogP contribution in [0.15, 0.2) is 60.0 Å². The third-order valence-corrected chi connectivity index (χ3v) is 6.56. The number of rotatable bonds is 5. The topological polar surface area (TPSA) is 49.4 Å². The Hall–Kier alpha value is -2.70. The predicted molar refractivity (Wildman–Crippen MR) is 122 cm³/mol. The lowest BCUT2D eigenvalue weighted by Crippen LogP contribution is -2.47. The number of nitrogens with zero attached hydrogens (tertiary/aromatic N) is 1. The molecular formula is C24H22ClFN2O2S. The molecule has 160 valence electrons. The minimum atomic E-state index is -0.632. The zero-order valence-corrected chi connectivity index (χ0v) is 18.7. The molecule has 2 amide bonds.